The van der Waals surface area contributed by atoms with E-state index in [0.717, 1.165) is 5.56 Å². The highest BCUT2D eigenvalue weighted by molar-refractivity contribution is 9.10. The van der Waals surface area contributed by atoms with Gasteiger partial charge in [-0.1, -0.05) is 0 Å². The van der Waals surface area contributed by atoms with Crippen LogP contribution >= 0.6 is 15.9 Å². The van der Waals surface area contributed by atoms with E-state index < -0.39 is 0 Å². The molecule has 102 valence electrons. The number of pyridine rings is 1. The van der Waals surface area contributed by atoms with Crippen molar-refractivity contribution in [2.75, 3.05) is 0 Å². The highest BCUT2D eigenvalue weighted by Gasteiger charge is 2.14. The quantitative estimate of drug-likeness (QED) is 0.700. The molecule has 0 amide bonds. The molecule has 0 atom stereocenters. The minimum absolute atomic E-state index is 0.319. The Labute approximate surface area is 128 Å². The summed E-state index contributed by atoms with van der Waals surface area (Å²) in [6, 6.07) is 11.2. The first kappa shape index (κ1) is 13.5. The van der Waals surface area contributed by atoms with Crippen molar-refractivity contribution in [3.63, 3.8) is 0 Å². The second-order valence-electron chi connectivity index (χ2n) is 4.19. The van der Waals surface area contributed by atoms with Crippen molar-refractivity contribution in [1.82, 2.24) is 9.97 Å². The fraction of sp³-hybridized carbons (Fsp3) is 0. The van der Waals surface area contributed by atoms with Gasteiger partial charge in [-0.15, -0.1) is 0 Å². The Balaban J connectivity index is 2.01. The fourth-order valence-electron chi connectivity index (χ4n) is 1.80. The second kappa shape index (κ2) is 5.46. The lowest BCUT2D eigenvalue weighted by atomic mass is 10.2. The molecule has 2 heterocycles. The summed E-state index contributed by atoms with van der Waals surface area (Å²) in [5.74, 6) is 0.0575. The number of oxazole rings is 1. The number of halogens is 2. The van der Waals surface area contributed by atoms with Gasteiger partial charge in [0.1, 0.15) is 23.3 Å². The van der Waals surface area contributed by atoms with E-state index >= 15 is 0 Å². The lowest BCUT2D eigenvalue weighted by molar-refractivity contribution is 0.549. The fourth-order valence-corrected chi connectivity index (χ4v) is 2.27. The third-order valence-corrected chi connectivity index (χ3v) is 3.37. The first-order valence-electron chi connectivity index (χ1n) is 5.96. The number of nitriles is 1. The molecule has 0 bridgehead atoms. The maximum absolute atomic E-state index is 12.9. The Morgan fingerprint density at radius 1 is 1.10 bits per heavy atom. The molecule has 0 radical (unpaired) electrons. The van der Waals surface area contributed by atoms with Gasteiger partial charge in [-0.3, -0.25) is 0 Å². The van der Waals surface area contributed by atoms with E-state index in [9.17, 15) is 4.39 Å². The van der Waals surface area contributed by atoms with Crippen LogP contribution in [0.4, 0.5) is 4.39 Å². The van der Waals surface area contributed by atoms with Crippen molar-refractivity contribution in [3.8, 4) is 28.8 Å². The van der Waals surface area contributed by atoms with Crippen LogP contribution in [0.2, 0.25) is 0 Å². The average molecular weight is 344 g/mol. The van der Waals surface area contributed by atoms with Gasteiger partial charge in [0.05, 0.1) is 0 Å². The van der Waals surface area contributed by atoms with Gasteiger partial charge in [-0.25, -0.2) is 14.4 Å². The van der Waals surface area contributed by atoms with Crippen molar-refractivity contribution >= 4 is 15.9 Å². The zero-order valence-electron chi connectivity index (χ0n) is 10.5. The first-order valence-corrected chi connectivity index (χ1v) is 6.75. The van der Waals surface area contributed by atoms with Crippen LogP contribution in [-0.2, 0) is 0 Å². The van der Waals surface area contributed by atoms with Crippen LogP contribution < -0.4 is 0 Å². The van der Waals surface area contributed by atoms with E-state index in [2.05, 4.69) is 25.9 Å². The van der Waals surface area contributed by atoms with Gasteiger partial charge >= 0.3 is 0 Å². The predicted octanol–water partition coefficient (Wildman–Crippen LogP) is 4.18. The van der Waals surface area contributed by atoms with Crippen molar-refractivity contribution in [2.45, 2.75) is 0 Å². The summed E-state index contributed by atoms with van der Waals surface area (Å²) in [6.07, 6.45) is 1.55. The molecule has 0 unspecified atom stereocenters. The standard InChI is InChI=1S/C15H7BrFN3O/c16-14-13(10-3-6-12(7-18)19-8-10)20-15(21-14)9-1-4-11(17)5-2-9/h1-6,8H. The highest BCUT2D eigenvalue weighted by Crippen LogP contribution is 2.32. The molecule has 1 aromatic carbocycles. The molecular weight excluding hydrogens is 337 g/mol. The molecule has 0 N–H and O–H groups in total. The van der Waals surface area contributed by atoms with Crippen LogP contribution in [0.25, 0.3) is 22.7 Å². The number of hydrogen-bond acceptors (Lipinski definition) is 4. The summed E-state index contributed by atoms with van der Waals surface area (Å²) in [4.78, 5) is 8.37. The molecule has 3 aromatic rings. The molecule has 6 heteroatoms. The molecule has 0 aliphatic carbocycles. The van der Waals surface area contributed by atoms with Gasteiger partial charge in [0.15, 0.2) is 4.67 Å². The molecule has 3 rings (SSSR count). The van der Waals surface area contributed by atoms with Crippen LogP contribution in [0.3, 0.4) is 0 Å². The first-order chi connectivity index (χ1) is 10.2. The molecule has 0 aliphatic rings. The van der Waals surface area contributed by atoms with Crippen LogP contribution in [-0.4, -0.2) is 9.97 Å². The summed E-state index contributed by atoms with van der Waals surface area (Å²) in [5, 5.41) is 8.74. The minimum Gasteiger partial charge on any atom is -0.429 e. The van der Waals surface area contributed by atoms with Crippen molar-refractivity contribution in [1.29, 1.82) is 5.26 Å². The van der Waals surface area contributed by atoms with Crippen molar-refractivity contribution in [3.05, 3.63) is 58.8 Å². The minimum atomic E-state index is -0.319. The Morgan fingerprint density at radius 2 is 1.81 bits per heavy atom. The topological polar surface area (TPSA) is 62.7 Å². The molecular formula is C15H7BrFN3O. The number of hydrogen-bond donors (Lipinski definition) is 0. The Bertz CT molecular complexity index is 820. The van der Waals surface area contributed by atoms with E-state index in [4.69, 9.17) is 9.68 Å². The summed E-state index contributed by atoms with van der Waals surface area (Å²) in [7, 11) is 0. The smallest absolute Gasteiger partial charge is 0.228 e. The predicted molar refractivity (Wildman–Crippen MR) is 77.5 cm³/mol. The maximum atomic E-state index is 12.9. The molecule has 0 aliphatic heterocycles. The maximum Gasteiger partial charge on any atom is 0.228 e. The summed E-state index contributed by atoms with van der Waals surface area (Å²) in [6.45, 7) is 0. The number of aromatic nitrogens is 2. The average Bonchev–Trinajstić information content (AvgIpc) is 2.90. The third-order valence-electron chi connectivity index (χ3n) is 2.83. The molecule has 0 fully saturated rings. The molecule has 0 saturated heterocycles. The largest absolute Gasteiger partial charge is 0.429 e. The van der Waals surface area contributed by atoms with Gasteiger partial charge in [-0.05, 0) is 52.3 Å². The number of benzene rings is 1. The van der Waals surface area contributed by atoms with E-state index in [1.54, 1.807) is 30.5 Å². The van der Waals surface area contributed by atoms with Crippen LogP contribution in [0, 0.1) is 17.1 Å². The zero-order valence-corrected chi connectivity index (χ0v) is 12.1. The zero-order chi connectivity index (χ0) is 14.8. The van der Waals surface area contributed by atoms with Gasteiger partial charge in [-0.2, -0.15) is 5.26 Å². The van der Waals surface area contributed by atoms with E-state index in [1.807, 2.05) is 6.07 Å². The lowest BCUT2D eigenvalue weighted by Gasteiger charge is -1.95. The van der Waals surface area contributed by atoms with Gasteiger partial charge in [0.25, 0.3) is 0 Å². The number of rotatable bonds is 2. The molecule has 21 heavy (non-hydrogen) atoms. The van der Waals surface area contributed by atoms with Crippen molar-refractivity contribution < 1.29 is 8.81 Å². The van der Waals surface area contributed by atoms with Crippen LogP contribution in [0.15, 0.2) is 51.7 Å². The lowest BCUT2D eigenvalue weighted by Crippen LogP contribution is -1.85. The summed E-state index contributed by atoms with van der Waals surface area (Å²) in [5.41, 5.74) is 2.30. The van der Waals surface area contributed by atoms with E-state index in [0.29, 0.717) is 27.5 Å². The Kier molecular flexibility index (Phi) is 3.50. The van der Waals surface area contributed by atoms with E-state index in [1.165, 1.54) is 12.1 Å². The molecule has 4 nitrogen and oxygen atoms in total. The van der Waals surface area contributed by atoms with Gasteiger partial charge in [0, 0.05) is 17.3 Å². The van der Waals surface area contributed by atoms with Crippen LogP contribution in [0.5, 0.6) is 0 Å². The summed E-state index contributed by atoms with van der Waals surface area (Å²) < 4.78 is 18.9. The Hall–Kier alpha value is -2.52. The molecule has 0 spiro atoms. The monoisotopic (exact) mass is 343 g/mol. The number of nitrogens with zero attached hydrogens (tertiary/aromatic N) is 3. The third kappa shape index (κ3) is 2.69. The van der Waals surface area contributed by atoms with Crippen LogP contribution in [0.1, 0.15) is 5.69 Å². The van der Waals surface area contributed by atoms with E-state index in [-0.39, 0.29) is 5.82 Å². The van der Waals surface area contributed by atoms with Gasteiger partial charge < -0.3 is 4.42 Å². The molecule has 2 aromatic heterocycles. The normalized spacial score (nSPS) is 10.3. The summed E-state index contributed by atoms with van der Waals surface area (Å²) >= 11 is 3.31. The highest BCUT2D eigenvalue weighted by atomic mass is 79.9. The SMILES string of the molecule is N#Cc1ccc(-c2nc(-c3ccc(F)cc3)oc2Br)cn1. The van der Waals surface area contributed by atoms with Gasteiger partial charge in [0.2, 0.25) is 5.89 Å². The van der Waals surface area contributed by atoms with Crippen molar-refractivity contribution in [2.24, 2.45) is 0 Å². The molecule has 0 saturated carbocycles. The Morgan fingerprint density at radius 3 is 2.43 bits per heavy atom. The second-order valence-corrected chi connectivity index (χ2v) is 4.91.